The summed E-state index contributed by atoms with van der Waals surface area (Å²) in [6.45, 7) is 1.80. The first-order valence-corrected chi connectivity index (χ1v) is 13.7. The van der Waals surface area contributed by atoms with E-state index in [1.807, 2.05) is 54.6 Å². The van der Waals surface area contributed by atoms with Crippen LogP contribution in [-0.4, -0.2) is 17.6 Å². The number of thioether (sulfide) groups is 1. The largest absolute Gasteiger partial charge is 0.353 e. The highest BCUT2D eigenvalue weighted by Crippen LogP contribution is 2.41. The van der Waals surface area contributed by atoms with Crippen LogP contribution in [0.5, 0.6) is 0 Å². The maximum Gasteiger partial charge on any atom is 0.254 e. The number of allylic oxidation sites excluding steroid dienone is 2. The number of carbonyl (C=O) groups is 2. The Morgan fingerprint density at radius 3 is 2.27 bits per heavy atom. The first-order chi connectivity index (χ1) is 17.9. The minimum atomic E-state index is -0.596. The molecule has 0 unspecified atom stereocenters. The standard InChI is InChI=1S/C28H22ClIN4O2S/c1-17-25(27(36)34-22-11-7-19(29)8-12-22)26(18-5-3-2-4-6-18)23(15-31)28(32-17)37-16-24(35)33-21-13-9-20(30)10-14-21/h2-14,26,32H,16H2,1H3,(H,33,35)(H,34,36)/t26-/m1/s1. The molecule has 1 atom stereocenters. The second-order valence-corrected chi connectivity index (χ2v) is 10.8. The van der Waals surface area contributed by atoms with Crippen LogP contribution in [0.3, 0.4) is 0 Å². The van der Waals surface area contributed by atoms with Gasteiger partial charge in [0.2, 0.25) is 5.91 Å². The summed E-state index contributed by atoms with van der Waals surface area (Å²) in [6.07, 6.45) is 0. The summed E-state index contributed by atoms with van der Waals surface area (Å²) in [7, 11) is 0. The molecule has 0 saturated carbocycles. The predicted molar refractivity (Wildman–Crippen MR) is 158 cm³/mol. The zero-order valence-corrected chi connectivity index (χ0v) is 23.4. The minimum Gasteiger partial charge on any atom is -0.353 e. The van der Waals surface area contributed by atoms with Crippen molar-refractivity contribution in [1.82, 2.24) is 5.32 Å². The molecule has 3 aromatic carbocycles. The van der Waals surface area contributed by atoms with Crippen LogP contribution in [0.25, 0.3) is 0 Å². The number of anilines is 2. The van der Waals surface area contributed by atoms with Gasteiger partial charge in [-0.3, -0.25) is 9.59 Å². The van der Waals surface area contributed by atoms with Crippen molar-refractivity contribution in [2.45, 2.75) is 12.8 Å². The molecule has 0 saturated heterocycles. The topological polar surface area (TPSA) is 94.0 Å². The number of dihydropyridines is 1. The number of nitriles is 1. The third kappa shape index (κ3) is 6.74. The van der Waals surface area contributed by atoms with E-state index in [2.05, 4.69) is 44.6 Å². The quantitative estimate of drug-likeness (QED) is 0.252. The second kappa shape index (κ2) is 12.3. The first kappa shape index (κ1) is 26.8. The van der Waals surface area contributed by atoms with Gasteiger partial charge in [-0.05, 0) is 83.6 Å². The van der Waals surface area contributed by atoms with Crippen molar-refractivity contribution in [2.24, 2.45) is 0 Å². The summed E-state index contributed by atoms with van der Waals surface area (Å²) in [5, 5.41) is 20.3. The van der Waals surface area contributed by atoms with Crippen molar-refractivity contribution in [3.05, 3.63) is 115 Å². The molecule has 0 bridgehead atoms. The van der Waals surface area contributed by atoms with E-state index in [-0.39, 0.29) is 17.6 Å². The molecule has 0 spiro atoms. The first-order valence-electron chi connectivity index (χ1n) is 11.3. The van der Waals surface area contributed by atoms with Gasteiger partial charge in [-0.25, -0.2) is 0 Å². The fraction of sp³-hybridized carbons (Fsp3) is 0.107. The van der Waals surface area contributed by atoms with Crippen LogP contribution in [0, 0.1) is 14.9 Å². The van der Waals surface area contributed by atoms with Gasteiger partial charge in [-0.15, -0.1) is 0 Å². The summed E-state index contributed by atoms with van der Waals surface area (Å²) in [6, 6.07) is 26.0. The predicted octanol–water partition coefficient (Wildman–Crippen LogP) is 6.65. The number of amides is 2. The molecule has 3 N–H and O–H groups in total. The molecule has 1 aliphatic heterocycles. The van der Waals surface area contributed by atoms with Gasteiger partial charge in [0.1, 0.15) is 0 Å². The molecule has 37 heavy (non-hydrogen) atoms. The normalized spacial score (nSPS) is 15.0. The minimum absolute atomic E-state index is 0.0978. The van der Waals surface area contributed by atoms with Crippen LogP contribution in [0.2, 0.25) is 5.02 Å². The van der Waals surface area contributed by atoms with Gasteiger partial charge < -0.3 is 16.0 Å². The Bertz CT molecular complexity index is 1420. The van der Waals surface area contributed by atoms with Crippen molar-refractivity contribution >= 4 is 69.1 Å². The Labute approximate surface area is 238 Å². The number of nitrogens with zero attached hydrogens (tertiary/aromatic N) is 1. The lowest BCUT2D eigenvalue weighted by molar-refractivity contribution is -0.114. The highest BCUT2D eigenvalue weighted by atomic mass is 127. The molecule has 2 amide bonds. The zero-order chi connectivity index (χ0) is 26.4. The number of carbonyl (C=O) groups excluding carboxylic acids is 2. The molecule has 6 nitrogen and oxygen atoms in total. The van der Waals surface area contributed by atoms with Crippen LogP contribution < -0.4 is 16.0 Å². The van der Waals surface area contributed by atoms with E-state index < -0.39 is 5.92 Å². The zero-order valence-electron chi connectivity index (χ0n) is 19.7. The monoisotopic (exact) mass is 640 g/mol. The van der Waals surface area contributed by atoms with Crippen LogP contribution in [0.1, 0.15) is 18.4 Å². The Hall–Kier alpha value is -3.26. The van der Waals surface area contributed by atoms with Gasteiger partial charge in [0, 0.05) is 31.2 Å². The molecule has 1 aliphatic rings. The molecule has 9 heteroatoms. The average molecular weight is 641 g/mol. The lowest BCUT2D eigenvalue weighted by Gasteiger charge is -2.30. The Balaban J connectivity index is 1.60. The van der Waals surface area contributed by atoms with E-state index in [4.69, 9.17) is 11.6 Å². The van der Waals surface area contributed by atoms with E-state index in [1.165, 1.54) is 11.8 Å². The van der Waals surface area contributed by atoms with E-state index in [9.17, 15) is 14.9 Å². The summed E-state index contributed by atoms with van der Waals surface area (Å²) in [5.74, 6) is -1.02. The van der Waals surface area contributed by atoms with Crippen molar-refractivity contribution in [2.75, 3.05) is 16.4 Å². The summed E-state index contributed by atoms with van der Waals surface area (Å²) in [5.41, 5.74) is 3.53. The van der Waals surface area contributed by atoms with Gasteiger partial charge in [0.05, 0.1) is 28.3 Å². The van der Waals surface area contributed by atoms with Crippen LogP contribution in [0.4, 0.5) is 11.4 Å². The number of nitrogens with one attached hydrogen (secondary N) is 3. The number of benzene rings is 3. The van der Waals surface area contributed by atoms with Crippen LogP contribution in [-0.2, 0) is 9.59 Å². The molecular formula is C28H22ClIN4O2S. The molecule has 186 valence electrons. The van der Waals surface area contributed by atoms with Gasteiger partial charge in [0.15, 0.2) is 0 Å². The molecule has 0 radical (unpaired) electrons. The highest BCUT2D eigenvalue weighted by molar-refractivity contribution is 14.1. The summed E-state index contributed by atoms with van der Waals surface area (Å²) in [4.78, 5) is 26.1. The van der Waals surface area contributed by atoms with E-state index in [1.54, 1.807) is 31.2 Å². The van der Waals surface area contributed by atoms with Crippen molar-refractivity contribution in [3.63, 3.8) is 0 Å². The van der Waals surface area contributed by atoms with E-state index in [0.29, 0.717) is 38.3 Å². The number of rotatable bonds is 7. The van der Waals surface area contributed by atoms with E-state index >= 15 is 0 Å². The van der Waals surface area contributed by atoms with Gasteiger partial charge >= 0.3 is 0 Å². The third-order valence-electron chi connectivity index (χ3n) is 5.60. The second-order valence-electron chi connectivity index (χ2n) is 8.17. The van der Waals surface area contributed by atoms with Gasteiger partial charge in [-0.1, -0.05) is 53.7 Å². The Kier molecular flexibility index (Phi) is 8.92. The van der Waals surface area contributed by atoms with Crippen molar-refractivity contribution in [1.29, 1.82) is 5.26 Å². The molecule has 3 aromatic rings. The molecule has 0 aliphatic carbocycles. The summed E-state index contributed by atoms with van der Waals surface area (Å²) >= 11 is 9.41. The van der Waals surface area contributed by atoms with Crippen molar-refractivity contribution < 1.29 is 9.59 Å². The summed E-state index contributed by atoms with van der Waals surface area (Å²) < 4.78 is 1.07. The molecular weight excluding hydrogens is 619 g/mol. The fourth-order valence-corrected chi connectivity index (χ4v) is 5.28. The fourth-order valence-electron chi connectivity index (χ4n) is 3.91. The smallest absolute Gasteiger partial charge is 0.254 e. The van der Waals surface area contributed by atoms with Crippen molar-refractivity contribution in [3.8, 4) is 6.07 Å². The molecule has 0 aromatic heterocycles. The number of hydrogen-bond donors (Lipinski definition) is 3. The molecule has 1 heterocycles. The number of halogens is 2. The highest BCUT2D eigenvalue weighted by Gasteiger charge is 2.34. The van der Waals surface area contributed by atoms with Crippen LogP contribution in [0.15, 0.2) is 101 Å². The lowest BCUT2D eigenvalue weighted by Crippen LogP contribution is -2.31. The number of hydrogen-bond acceptors (Lipinski definition) is 5. The maximum absolute atomic E-state index is 13.5. The lowest BCUT2D eigenvalue weighted by atomic mass is 9.82. The Morgan fingerprint density at radius 2 is 1.62 bits per heavy atom. The SMILES string of the molecule is CC1=C(C(=O)Nc2ccc(Cl)cc2)[C@H](c2ccccc2)C(C#N)=C(SCC(=O)Nc2ccc(I)cc2)N1. The maximum atomic E-state index is 13.5. The molecule has 4 rings (SSSR count). The van der Waals surface area contributed by atoms with Gasteiger partial charge in [0.25, 0.3) is 5.91 Å². The van der Waals surface area contributed by atoms with Crippen LogP contribution >= 0.6 is 46.0 Å². The average Bonchev–Trinajstić information content (AvgIpc) is 2.90. The molecule has 0 fully saturated rings. The van der Waals surface area contributed by atoms with Gasteiger partial charge in [-0.2, -0.15) is 5.26 Å². The third-order valence-corrected chi connectivity index (χ3v) is 7.59. The Morgan fingerprint density at radius 1 is 1.00 bits per heavy atom. The van der Waals surface area contributed by atoms with E-state index in [0.717, 1.165) is 9.13 Å².